The Hall–Kier alpha value is -1.95. The number of hydrogen-bond acceptors (Lipinski definition) is 4. The summed E-state index contributed by atoms with van der Waals surface area (Å²) < 4.78 is 7.11. The molecule has 2 rings (SSSR count). The van der Waals surface area contributed by atoms with E-state index in [0.29, 0.717) is 24.2 Å². The number of aromatic carboxylic acids is 1. The molecule has 1 atom stereocenters. The van der Waals surface area contributed by atoms with Crippen molar-refractivity contribution >= 4 is 17.0 Å². The van der Waals surface area contributed by atoms with Crippen molar-refractivity contribution in [3.8, 4) is 0 Å². The molecule has 0 aliphatic rings. The fourth-order valence-corrected chi connectivity index (χ4v) is 1.88. The van der Waals surface area contributed by atoms with Crippen molar-refractivity contribution in [3.63, 3.8) is 0 Å². The lowest BCUT2D eigenvalue weighted by Crippen LogP contribution is -2.17. The second-order valence-electron chi connectivity index (χ2n) is 4.02. The minimum atomic E-state index is -0.995. The minimum Gasteiger partial charge on any atom is -0.478 e. The molecule has 1 N–H and O–H groups in total. The SMILES string of the molecule is CCOC(C)Cn1nnc2c(C(=O)O)cccc21. The maximum absolute atomic E-state index is 11.0. The van der Waals surface area contributed by atoms with Crippen LogP contribution in [0.3, 0.4) is 0 Å². The number of nitrogens with zero attached hydrogens (tertiary/aromatic N) is 3. The Morgan fingerprint density at radius 1 is 1.56 bits per heavy atom. The third kappa shape index (κ3) is 2.33. The van der Waals surface area contributed by atoms with Crippen molar-refractivity contribution in [1.82, 2.24) is 15.0 Å². The van der Waals surface area contributed by atoms with Crippen molar-refractivity contribution in [3.05, 3.63) is 23.8 Å². The van der Waals surface area contributed by atoms with E-state index in [1.165, 1.54) is 6.07 Å². The molecule has 1 aromatic heterocycles. The predicted octanol–water partition coefficient (Wildman–Crippen LogP) is 1.55. The van der Waals surface area contributed by atoms with E-state index in [1.54, 1.807) is 16.8 Å². The number of benzene rings is 1. The van der Waals surface area contributed by atoms with E-state index in [9.17, 15) is 4.79 Å². The van der Waals surface area contributed by atoms with Gasteiger partial charge in [0.1, 0.15) is 5.52 Å². The maximum Gasteiger partial charge on any atom is 0.338 e. The van der Waals surface area contributed by atoms with Gasteiger partial charge in [0.05, 0.1) is 23.7 Å². The van der Waals surface area contributed by atoms with Gasteiger partial charge in [-0.1, -0.05) is 11.3 Å². The third-order valence-corrected chi connectivity index (χ3v) is 2.66. The molecule has 2 aromatic rings. The fourth-order valence-electron chi connectivity index (χ4n) is 1.88. The monoisotopic (exact) mass is 249 g/mol. The molecule has 1 aromatic carbocycles. The zero-order valence-corrected chi connectivity index (χ0v) is 10.3. The van der Waals surface area contributed by atoms with Crippen LogP contribution in [0.15, 0.2) is 18.2 Å². The molecule has 18 heavy (non-hydrogen) atoms. The van der Waals surface area contributed by atoms with E-state index in [-0.39, 0.29) is 11.7 Å². The molecular weight excluding hydrogens is 234 g/mol. The molecule has 0 aliphatic heterocycles. The number of hydrogen-bond donors (Lipinski definition) is 1. The van der Waals surface area contributed by atoms with Gasteiger partial charge < -0.3 is 9.84 Å². The molecule has 1 unspecified atom stereocenters. The largest absolute Gasteiger partial charge is 0.478 e. The summed E-state index contributed by atoms with van der Waals surface area (Å²) in [6.07, 6.45) is 0.00776. The van der Waals surface area contributed by atoms with Crippen molar-refractivity contribution in [2.75, 3.05) is 6.61 Å². The lowest BCUT2D eigenvalue weighted by Gasteiger charge is -2.11. The number of carbonyl (C=O) groups is 1. The van der Waals surface area contributed by atoms with Crippen LogP contribution < -0.4 is 0 Å². The van der Waals surface area contributed by atoms with Crippen LogP contribution in [-0.4, -0.2) is 38.8 Å². The second-order valence-corrected chi connectivity index (χ2v) is 4.02. The highest BCUT2D eigenvalue weighted by Crippen LogP contribution is 2.16. The molecule has 0 aliphatic carbocycles. The maximum atomic E-state index is 11.0. The van der Waals surface area contributed by atoms with E-state index < -0.39 is 5.97 Å². The Bertz CT molecular complexity index is 565. The molecule has 6 nitrogen and oxygen atoms in total. The van der Waals surface area contributed by atoms with Crippen LogP contribution in [0.2, 0.25) is 0 Å². The van der Waals surface area contributed by atoms with Crippen LogP contribution in [0, 0.1) is 0 Å². The molecular formula is C12H15N3O3. The molecule has 6 heteroatoms. The summed E-state index contributed by atoms with van der Waals surface area (Å²) in [6, 6.07) is 5.02. The van der Waals surface area contributed by atoms with Crippen LogP contribution >= 0.6 is 0 Å². The van der Waals surface area contributed by atoms with Crippen LogP contribution in [0.5, 0.6) is 0 Å². The molecule has 0 spiro atoms. The molecule has 0 bridgehead atoms. The first-order valence-corrected chi connectivity index (χ1v) is 5.80. The molecule has 0 fully saturated rings. The topological polar surface area (TPSA) is 77.2 Å². The summed E-state index contributed by atoms with van der Waals surface area (Å²) in [6.45, 7) is 5.05. The third-order valence-electron chi connectivity index (χ3n) is 2.66. The number of rotatable bonds is 5. The van der Waals surface area contributed by atoms with Gasteiger partial charge in [-0.15, -0.1) is 5.10 Å². The first kappa shape index (κ1) is 12.5. The lowest BCUT2D eigenvalue weighted by molar-refractivity contribution is 0.0619. The van der Waals surface area contributed by atoms with Crippen molar-refractivity contribution in [2.45, 2.75) is 26.5 Å². The fraction of sp³-hybridized carbons (Fsp3) is 0.417. The van der Waals surface area contributed by atoms with Gasteiger partial charge in [0, 0.05) is 6.61 Å². The summed E-state index contributed by atoms with van der Waals surface area (Å²) in [5, 5.41) is 17.0. The van der Waals surface area contributed by atoms with E-state index >= 15 is 0 Å². The normalized spacial score (nSPS) is 12.8. The van der Waals surface area contributed by atoms with Gasteiger partial charge in [0.2, 0.25) is 0 Å². The van der Waals surface area contributed by atoms with E-state index in [2.05, 4.69) is 10.3 Å². The average molecular weight is 249 g/mol. The number of carboxylic acids is 1. The van der Waals surface area contributed by atoms with Crippen LogP contribution in [-0.2, 0) is 11.3 Å². The summed E-state index contributed by atoms with van der Waals surface area (Å²) in [5.41, 5.74) is 1.29. The smallest absolute Gasteiger partial charge is 0.338 e. The molecule has 1 heterocycles. The van der Waals surface area contributed by atoms with Crippen LogP contribution in [0.1, 0.15) is 24.2 Å². The quantitative estimate of drug-likeness (QED) is 0.870. The van der Waals surface area contributed by atoms with Gasteiger partial charge in [-0.3, -0.25) is 0 Å². The van der Waals surface area contributed by atoms with E-state index in [1.807, 2.05) is 13.8 Å². The molecule has 0 amide bonds. The Morgan fingerprint density at radius 2 is 2.33 bits per heavy atom. The molecule has 0 saturated carbocycles. The van der Waals surface area contributed by atoms with Gasteiger partial charge >= 0.3 is 5.97 Å². The van der Waals surface area contributed by atoms with Crippen LogP contribution in [0.4, 0.5) is 0 Å². The Labute approximate surface area is 104 Å². The van der Waals surface area contributed by atoms with Crippen LogP contribution in [0.25, 0.3) is 11.0 Å². The first-order valence-electron chi connectivity index (χ1n) is 5.80. The molecule has 0 saturated heterocycles. The van der Waals surface area contributed by atoms with Gasteiger partial charge in [0.15, 0.2) is 0 Å². The summed E-state index contributed by atoms with van der Waals surface area (Å²) >= 11 is 0. The van der Waals surface area contributed by atoms with Crippen molar-refractivity contribution in [1.29, 1.82) is 0 Å². The predicted molar refractivity (Wildman–Crippen MR) is 65.6 cm³/mol. The number of carboxylic acid groups (broad SMARTS) is 1. The zero-order chi connectivity index (χ0) is 13.1. The average Bonchev–Trinajstić information content (AvgIpc) is 2.72. The highest BCUT2D eigenvalue weighted by Gasteiger charge is 2.14. The zero-order valence-electron chi connectivity index (χ0n) is 10.3. The Morgan fingerprint density at radius 3 is 3.00 bits per heavy atom. The van der Waals surface area contributed by atoms with Gasteiger partial charge in [-0.25, -0.2) is 9.48 Å². The Kier molecular flexibility index (Phi) is 3.57. The summed E-state index contributed by atoms with van der Waals surface area (Å²) in [4.78, 5) is 11.0. The van der Waals surface area contributed by atoms with Crippen molar-refractivity contribution < 1.29 is 14.6 Å². The minimum absolute atomic E-state index is 0.00776. The Balaban J connectivity index is 2.37. The summed E-state index contributed by atoms with van der Waals surface area (Å²) in [5.74, 6) is -0.995. The number of fused-ring (bicyclic) bond motifs is 1. The van der Waals surface area contributed by atoms with E-state index in [0.717, 1.165) is 0 Å². The first-order chi connectivity index (χ1) is 8.63. The highest BCUT2D eigenvalue weighted by molar-refractivity contribution is 6.00. The second kappa shape index (κ2) is 5.14. The van der Waals surface area contributed by atoms with Crippen molar-refractivity contribution in [2.24, 2.45) is 0 Å². The van der Waals surface area contributed by atoms with E-state index in [4.69, 9.17) is 9.84 Å². The number of ether oxygens (including phenoxy) is 1. The molecule has 0 radical (unpaired) electrons. The molecule has 96 valence electrons. The van der Waals surface area contributed by atoms with Gasteiger partial charge in [0.25, 0.3) is 0 Å². The lowest BCUT2D eigenvalue weighted by atomic mass is 10.2. The van der Waals surface area contributed by atoms with Gasteiger partial charge in [-0.2, -0.15) is 0 Å². The number of aromatic nitrogens is 3. The van der Waals surface area contributed by atoms with Gasteiger partial charge in [-0.05, 0) is 26.0 Å². The standard InChI is InChI=1S/C12H15N3O3/c1-3-18-8(2)7-15-10-6-4-5-9(12(16)17)11(10)13-14-15/h4-6,8H,3,7H2,1-2H3,(H,16,17). The highest BCUT2D eigenvalue weighted by atomic mass is 16.5. The summed E-state index contributed by atoms with van der Waals surface area (Å²) in [7, 11) is 0.